The molecule has 2 heterocycles. The van der Waals surface area contributed by atoms with Gasteiger partial charge in [-0.25, -0.2) is 4.98 Å². The largest absolute Gasteiger partial charge is 0.496 e. The lowest BCUT2D eigenvalue weighted by molar-refractivity contribution is 0.270. The monoisotopic (exact) mass is 410 g/mol. The molecular formula is C23H34N6O. The summed E-state index contributed by atoms with van der Waals surface area (Å²) in [5.41, 5.74) is 2.38. The Labute approximate surface area is 180 Å². The first kappa shape index (κ1) is 21.9. The molecule has 0 saturated carbocycles. The number of pyridine rings is 1. The molecule has 1 fully saturated rings. The van der Waals surface area contributed by atoms with E-state index in [4.69, 9.17) is 4.74 Å². The second kappa shape index (κ2) is 11.4. The summed E-state index contributed by atoms with van der Waals surface area (Å²) < 4.78 is 5.42. The number of nitrogens with one attached hydrogen (secondary N) is 2. The topological polar surface area (TPSA) is 65.0 Å². The molecule has 162 valence electrons. The predicted octanol–water partition coefficient (Wildman–Crippen LogP) is 2.14. The van der Waals surface area contributed by atoms with Gasteiger partial charge < -0.3 is 25.2 Å². The maximum Gasteiger partial charge on any atom is 0.191 e. The Morgan fingerprint density at radius 1 is 1.13 bits per heavy atom. The first-order valence-corrected chi connectivity index (χ1v) is 10.7. The van der Waals surface area contributed by atoms with Crippen LogP contribution in [0.5, 0.6) is 5.75 Å². The van der Waals surface area contributed by atoms with Crippen LogP contribution in [0.4, 0.5) is 5.82 Å². The van der Waals surface area contributed by atoms with E-state index in [1.165, 1.54) is 11.1 Å². The molecule has 0 spiro atoms. The zero-order valence-corrected chi connectivity index (χ0v) is 18.4. The number of ether oxygens (including phenoxy) is 1. The van der Waals surface area contributed by atoms with Gasteiger partial charge >= 0.3 is 0 Å². The van der Waals surface area contributed by atoms with Crippen molar-refractivity contribution in [2.75, 3.05) is 58.3 Å². The Morgan fingerprint density at radius 2 is 1.93 bits per heavy atom. The van der Waals surface area contributed by atoms with Crippen LogP contribution in [-0.2, 0) is 13.0 Å². The number of hydrogen-bond acceptors (Lipinski definition) is 5. The second-order valence-corrected chi connectivity index (χ2v) is 7.36. The van der Waals surface area contributed by atoms with Crippen molar-refractivity contribution < 1.29 is 4.74 Å². The molecule has 0 amide bonds. The molecule has 1 aliphatic heterocycles. The van der Waals surface area contributed by atoms with Crippen LogP contribution in [0, 0.1) is 0 Å². The third-order valence-electron chi connectivity index (χ3n) is 5.52. The maximum atomic E-state index is 5.42. The van der Waals surface area contributed by atoms with Gasteiger partial charge in [0.25, 0.3) is 0 Å². The fraction of sp³-hybridized carbons (Fsp3) is 0.478. The Balaban J connectivity index is 1.48. The van der Waals surface area contributed by atoms with E-state index in [1.54, 1.807) is 14.2 Å². The Kier molecular flexibility index (Phi) is 8.32. The molecule has 7 nitrogen and oxygen atoms in total. The van der Waals surface area contributed by atoms with E-state index in [9.17, 15) is 0 Å². The SMILES string of the molecule is CCN1CCN(c2cc(CNC(=NC)NCCc3ccccc3OC)ccn2)CC1. The van der Waals surface area contributed by atoms with Crippen LogP contribution in [0.3, 0.4) is 0 Å². The van der Waals surface area contributed by atoms with E-state index >= 15 is 0 Å². The molecule has 1 saturated heterocycles. The van der Waals surface area contributed by atoms with E-state index in [-0.39, 0.29) is 0 Å². The third-order valence-corrected chi connectivity index (χ3v) is 5.52. The molecule has 1 aliphatic rings. The minimum absolute atomic E-state index is 0.707. The standard InChI is InChI=1S/C23H34N6O/c1-4-28-13-15-29(16-14-28)22-17-19(9-11-25-22)18-27-23(24-2)26-12-10-20-7-5-6-8-21(20)30-3/h5-9,11,17H,4,10,12-16,18H2,1-3H3,(H2,24,26,27). The summed E-state index contributed by atoms with van der Waals surface area (Å²) in [6.07, 6.45) is 2.77. The van der Waals surface area contributed by atoms with E-state index < -0.39 is 0 Å². The molecule has 0 atom stereocenters. The highest BCUT2D eigenvalue weighted by Crippen LogP contribution is 2.17. The third kappa shape index (κ3) is 6.10. The highest BCUT2D eigenvalue weighted by atomic mass is 16.5. The van der Waals surface area contributed by atoms with Gasteiger partial charge in [0.05, 0.1) is 7.11 Å². The van der Waals surface area contributed by atoms with Crippen molar-refractivity contribution >= 4 is 11.8 Å². The van der Waals surface area contributed by atoms with Crippen LogP contribution in [0.15, 0.2) is 47.6 Å². The fourth-order valence-corrected chi connectivity index (χ4v) is 3.67. The quantitative estimate of drug-likeness (QED) is 0.514. The number of piperazine rings is 1. The van der Waals surface area contributed by atoms with Crippen molar-refractivity contribution in [3.8, 4) is 5.75 Å². The average Bonchev–Trinajstić information content (AvgIpc) is 2.81. The van der Waals surface area contributed by atoms with Gasteiger partial charge in [0.15, 0.2) is 5.96 Å². The molecule has 2 aromatic rings. The van der Waals surface area contributed by atoms with Crippen molar-refractivity contribution in [2.24, 2.45) is 4.99 Å². The van der Waals surface area contributed by atoms with Crippen molar-refractivity contribution in [3.63, 3.8) is 0 Å². The molecule has 1 aromatic heterocycles. The van der Waals surface area contributed by atoms with Crippen molar-refractivity contribution in [3.05, 3.63) is 53.7 Å². The molecule has 3 rings (SSSR count). The summed E-state index contributed by atoms with van der Waals surface area (Å²) in [5.74, 6) is 2.77. The van der Waals surface area contributed by atoms with Gasteiger partial charge in [-0.2, -0.15) is 0 Å². The van der Waals surface area contributed by atoms with Crippen molar-refractivity contribution in [2.45, 2.75) is 19.9 Å². The van der Waals surface area contributed by atoms with Crippen LogP contribution < -0.4 is 20.3 Å². The Hall–Kier alpha value is -2.80. The fourth-order valence-electron chi connectivity index (χ4n) is 3.67. The number of rotatable bonds is 8. The predicted molar refractivity (Wildman–Crippen MR) is 123 cm³/mol. The van der Waals surface area contributed by atoms with E-state index in [2.05, 4.69) is 55.5 Å². The number of aromatic nitrogens is 1. The zero-order chi connectivity index (χ0) is 21.2. The molecule has 2 N–H and O–H groups in total. The van der Waals surface area contributed by atoms with Gasteiger partial charge in [-0.15, -0.1) is 0 Å². The minimum Gasteiger partial charge on any atom is -0.496 e. The van der Waals surface area contributed by atoms with Crippen LogP contribution in [0.2, 0.25) is 0 Å². The lowest BCUT2D eigenvalue weighted by Crippen LogP contribution is -2.46. The lowest BCUT2D eigenvalue weighted by atomic mass is 10.1. The molecule has 7 heteroatoms. The number of guanidine groups is 1. The zero-order valence-electron chi connectivity index (χ0n) is 18.4. The highest BCUT2D eigenvalue weighted by molar-refractivity contribution is 5.79. The summed E-state index contributed by atoms with van der Waals surface area (Å²) >= 11 is 0. The van der Waals surface area contributed by atoms with E-state index in [0.717, 1.165) is 63.2 Å². The molecule has 0 unspecified atom stereocenters. The van der Waals surface area contributed by atoms with Gasteiger partial charge in [-0.05, 0) is 42.3 Å². The smallest absolute Gasteiger partial charge is 0.191 e. The number of methoxy groups -OCH3 is 1. The highest BCUT2D eigenvalue weighted by Gasteiger charge is 2.16. The number of benzene rings is 1. The van der Waals surface area contributed by atoms with Gasteiger partial charge in [-0.3, -0.25) is 4.99 Å². The van der Waals surface area contributed by atoms with Gasteiger partial charge in [0, 0.05) is 52.5 Å². The minimum atomic E-state index is 0.707. The average molecular weight is 411 g/mol. The summed E-state index contributed by atoms with van der Waals surface area (Å²) in [7, 11) is 3.50. The Morgan fingerprint density at radius 3 is 2.67 bits per heavy atom. The lowest BCUT2D eigenvalue weighted by Gasteiger charge is -2.34. The first-order valence-electron chi connectivity index (χ1n) is 10.7. The normalized spacial score (nSPS) is 15.2. The summed E-state index contributed by atoms with van der Waals surface area (Å²) in [6.45, 7) is 9.09. The molecule has 1 aromatic carbocycles. The van der Waals surface area contributed by atoms with Crippen molar-refractivity contribution in [1.82, 2.24) is 20.5 Å². The first-order chi connectivity index (χ1) is 14.7. The summed E-state index contributed by atoms with van der Waals surface area (Å²) in [4.78, 5) is 13.8. The molecule has 30 heavy (non-hydrogen) atoms. The number of hydrogen-bond donors (Lipinski definition) is 2. The van der Waals surface area contributed by atoms with Crippen LogP contribution in [0.25, 0.3) is 0 Å². The summed E-state index contributed by atoms with van der Waals surface area (Å²) in [5, 5.41) is 6.78. The number of anilines is 1. The second-order valence-electron chi connectivity index (χ2n) is 7.36. The number of nitrogens with zero attached hydrogens (tertiary/aromatic N) is 4. The van der Waals surface area contributed by atoms with Crippen LogP contribution in [-0.4, -0.2) is 69.3 Å². The molecule has 0 aliphatic carbocycles. The van der Waals surface area contributed by atoms with Crippen LogP contribution in [0.1, 0.15) is 18.1 Å². The number of para-hydroxylation sites is 1. The number of aliphatic imine (C=N–C) groups is 1. The maximum absolute atomic E-state index is 5.42. The number of likely N-dealkylation sites (N-methyl/N-ethyl adjacent to an activating group) is 1. The van der Waals surface area contributed by atoms with E-state index in [1.807, 2.05) is 24.4 Å². The summed E-state index contributed by atoms with van der Waals surface area (Å²) in [6, 6.07) is 12.3. The molecule has 0 bridgehead atoms. The molecule has 0 radical (unpaired) electrons. The van der Waals surface area contributed by atoms with Gasteiger partial charge in [0.1, 0.15) is 11.6 Å². The van der Waals surface area contributed by atoms with Gasteiger partial charge in [-0.1, -0.05) is 25.1 Å². The van der Waals surface area contributed by atoms with Crippen molar-refractivity contribution in [1.29, 1.82) is 0 Å². The van der Waals surface area contributed by atoms with E-state index in [0.29, 0.717) is 6.54 Å². The molecular weight excluding hydrogens is 376 g/mol. The van der Waals surface area contributed by atoms with Crippen LogP contribution >= 0.6 is 0 Å². The Bertz CT molecular complexity index is 817. The van der Waals surface area contributed by atoms with Gasteiger partial charge in [0.2, 0.25) is 0 Å².